The standard InChI is InChI=1S/C21H23FN2O3/c1-13(25)17-10-18(21(17,2)3)20(26)24-12-14-7-8-19(23-11-14)27-16-6-4-5-15(22)9-16/h4-9,11,17-18H,10,12H2,1-3H3,(H,24,26)/t17-,18+/m0/s1. The lowest BCUT2D eigenvalue weighted by molar-refractivity contribution is -0.148. The van der Waals surface area contributed by atoms with Gasteiger partial charge in [-0.1, -0.05) is 26.0 Å². The number of nitrogens with one attached hydrogen (secondary N) is 1. The number of ether oxygens (including phenoxy) is 1. The van der Waals surface area contributed by atoms with Crippen LogP contribution in [0.4, 0.5) is 4.39 Å². The first kappa shape index (κ1) is 19.0. The second kappa shape index (κ2) is 7.47. The molecule has 1 aromatic heterocycles. The number of hydrogen-bond acceptors (Lipinski definition) is 4. The number of hydrogen-bond donors (Lipinski definition) is 1. The van der Waals surface area contributed by atoms with E-state index in [-0.39, 0.29) is 34.8 Å². The van der Waals surface area contributed by atoms with Gasteiger partial charge in [0.15, 0.2) is 0 Å². The number of amides is 1. The van der Waals surface area contributed by atoms with Gasteiger partial charge >= 0.3 is 0 Å². The molecule has 0 aliphatic heterocycles. The van der Waals surface area contributed by atoms with E-state index in [9.17, 15) is 14.0 Å². The molecule has 27 heavy (non-hydrogen) atoms. The van der Waals surface area contributed by atoms with Gasteiger partial charge in [0, 0.05) is 36.7 Å². The minimum absolute atomic E-state index is 0.0439. The number of nitrogens with zero attached hydrogens (tertiary/aromatic N) is 1. The SMILES string of the molecule is CC(=O)[C@@H]1C[C@H](C(=O)NCc2ccc(Oc3cccc(F)c3)nc2)C1(C)C. The Hall–Kier alpha value is -2.76. The number of benzene rings is 1. The molecule has 0 saturated heterocycles. The molecule has 1 amide bonds. The molecule has 0 unspecified atom stereocenters. The van der Waals surface area contributed by atoms with Gasteiger partial charge in [0.25, 0.3) is 0 Å². The highest BCUT2D eigenvalue weighted by Crippen LogP contribution is 2.51. The summed E-state index contributed by atoms with van der Waals surface area (Å²) in [5.74, 6) is 0.234. The zero-order valence-electron chi connectivity index (χ0n) is 15.7. The van der Waals surface area contributed by atoms with Gasteiger partial charge in [-0.05, 0) is 36.5 Å². The Balaban J connectivity index is 1.53. The van der Waals surface area contributed by atoms with Crippen LogP contribution in [0, 0.1) is 23.1 Å². The minimum Gasteiger partial charge on any atom is -0.439 e. The van der Waals surface area contributed by atoms with E-state index in [4.69, 9.17) is 4.74 Å². The monoisotopic (exact) mass is 370 g/mol. The molecule has 1 aliphatic rings. The molecule has 5 nitrogen and oxygen atoms in total. The van der Waals surface area contributed by atoms with Crippen LogP contribution in [0.1, 0.15) is 32.8 Å². The molecule has 0 spiro atoms. The van der Waals surface area contributed by atoms with Crippen molar-refractivity contribution in [2.45, 2.75) is 33.7 Å². The lowest BCUT2D eigenvalue weighted by Gasteiger charge is -2.49. The molecule has 1 fully saturated rings. The summed E-state index contributed by atoms with van der Waals surface area (Å²) in [5, 5.41) is 2.91. The van der Waals surface area contributed by atoms with Gasteiger partial charge in [-0.15, -0.1) is 0 Å². The third-order valence-corrected chi connectivity index (χ3v) is 5.36. The summed E-state index contributed by atoms with van der Waals surface area (Å²) in [6.07, 6.45) is 2.21. The predicted octanol–water partition coefficient (Wildman–Crippen LogP) is 3.88. The first-order valence-corrected chi connectivity index (χ1v) is 8.94. The highest BCUT2D eigenvalue weighted by Gasteiger charge is 2.53. The summed E-state index contributed by atoms with van der Waals surface area (Å²) < 4.78 is 18.7. The van der Waals surface area contributed by atoms with Crippen molar-refractivity contribution in [1.29, 1.82) is 0 Å². The average molecular weight is 370 g/mol. The zero-order valence-corrected chi connectivity index (χ0v) is 15.7. The second-order valence-electron chi connectivity index (χ2n) is 7.55. The third-order valence-electron chi connectivity index (χ3n) is 5.36. The summed E-state index contributed by atoms with van der Waals surface area (Å²) in [6, 6.07) is 9.30. The number of Topliss-reactive ketones (excluding diaryl/α,β-unsaturated/α-hetero) is 1. The van der Waals surface area contributed by atoms with Gasteiger partial charge in [-0.25, -0.2) is 9.37 Å². The van der Waals surface area contributed by atoms with Crippen molar-refractivity contribution in [1.82, 2.24) is 10.3 Å². The van der Waals surface area contributed by atoms with E-state index < -0.39 is 0 Å². The number of rotatable bonds is 6. The van der Waals surface area contributed by atoms with Crippen molar-refractivity contribution >= 4 is 11.7 Å². The molecule has 1 heterocycles. The Labute approximate surface area is 158 Å². The smallest absolute Gasteiger partial charge is 0.223 e. The van der Waals surface area contributed by atoms with Crippen molar-refractivity contribution in [2.75, 3.05) is 0 Å². The normalized spacial score (nSPS) is 20.4. The van der Waals surface area contributed by atoms with Crippen molar-refractivity contribution < 1.29 is 18.7 Å². The molecule has 2 atom stereocenters. The van der Waals surface area contributed by atoms with Gasteiger partial charge in [0.05, 0.1) is 0 Å². The van der Waals surface area contributed by atoms with E-state index in [2.05, 4.69) is 10.3 Å². The highest BCUT2D eigenvalue weighted by molar-refractivity contribution is 5.87. The molecule has 3 rings (SSSR count). The number of pyridine rings is 1. The van der Waals surface area contributed by atoms with Crippen LogP contribution >= 0.6 is 0 Å². The maximum absolute atomic E-state index is 13.2. The quantitative estimate of drug-likeness (QED) is 0.838. The summed E-state index contributed by atoms with van der Waals surface area (Å²) in [6.45, 7) is 5.86. The van der Waals surface area contributed by atoms with Gasteiger partial charge in [-0.2, -0.15) is 0 Å². The molecule has 1 saturated carbocycles. The molecular formula is C21H23FN2O3. The molecule has 0 radical (unpaired) electrons. The van der Waals surface area contributed by atoms with Crippen LogP contribution in [0.5, 0.6) is 11.6 Å². The van der Waals surface area contributed by atoms with Crippen molar-refractivity contribution in [3.8, 4) is 11.6 Å². The molecule has 1 aromatic carbocycles. The maximum Gasteiger partial charge on any atom is 0.223 e. The average Bonchev–Trinajstić information content (AvgIpc) is 2.60. The highest BCUT2D eigenvalue weighted by atomic mass is 19.1. The van der Waals surface area contributed by atoms with Crippen LogP contribution < -0.4 is 10.1 Å². The first-order valence-electron chi connectivity index (χ1n) is 8.94. The van der Waals surface area contributed by atoms with E-state index in [0.717, 1.165) is 5.56 Å². The van der Waals surface area contributed by atoms with Crippen LogP contribution in [-0.4, -0.2) is 16.7 Å². The van der Waals surface area contributed by atoms with Gasteiger partial charge < -0.3 is 10.1 Å². The fraction of sp³-hybridized carbons (Fsp3) is 0.381. The number of ketones is 1. The zero-order chi connectivity index (χ0) is 19.6. The van der Waals surface area contributed by atoms with Crippen LogP contribution in [0.25, 0.3) is 0 Å². The van der Waals surface area contributed by atoms with Crippen LogP contribution in [0.3, 0.4) is 0 Å². The topological polar surface area (TPSA) is 68.3 Å². The molecule has 1 N–H and O–H groups in total. The molecule has 6 heteroatoms. The first-order chi connectivity index (χ1) is 12.8. The van der Waals surface area contributed by atoms with E-state index in [0.29, 0.717) is 24.6 Å². The lowest BCUT2D eigenvalue weighted by Crippen LogP contribution is -2.54. The van der Waals surface area contributed by atoms with Gasteiger partial charge in [-0.3, -0.25) is 9.59 Å². The Kier molecular flexibility index (Phi) is 5.26. The molecule has 2 aromatic rings. The molecule has 0 bridgehead atoms. The van der Waals surface area contributed by atoms with Crippen molar-refractivity contribution in [2.24, 2.45) is 17.3 Å². The molecule has 1 aliphatic carbocycles. The second-order valence-corrected chi connectivity index (χ2v) is 7.55. The van der Waals surface area contributed by atoms with E-state index in [1.165, 1.54) is 12.1 Å². The summed E-state index contributed by atoms with van der Waals surface area (Å²) in [4.78, 5) is 28.2. The Morgan fingerprint density at radius 2 is 2.04 bits per heavy atom. The Bertz CT molecular complexity index is 849. The number of aromatic nitrogens is 1. The Morgan fingerprint density at radius 3 is 2.63 bits per heavy atom. The Morgan fingerprint density at radius 1 is 1.26 bits per heavy atom. The third kappa shape index (κ3) is 4.15. The minimum atomic E-state index is -0.377. The fourth-order valence-electron chi connectivity index (χ4n) is 3.60. The summed E-state index contributed by atoms with van der Waals surface area (Å²) >= 11 is 0. The van der Waals surface area contributed by atoms with Gasteiger partial charge in [0.1, 0.15) is 17.3 Å². The van der Waals surface area contributed by atoms with E-state index >= 15 is 0 Å². The van der Waals surface area contributed by atoms with E-state index in [1.54, 1.807) is 37.4 Å². The fourth-order valence-corrected chi connectivity index (χ4v) is 3.60. The maximum atomic E-state index is 13.2. The number of carbonyl (C=O) groups excluding carboxylic acids is 2. The summed E-state index contributed by atoms with van der Waals surface area (Å²) in [7, 11) is 0. The number of halogens is 1. The predicted molar refractivity (Wildman–Crippen MR) is 98.6 cm³/mol. The van der Waals surface area contributed by atoms with Crippen molar-refractivity contribution in [3.63, 3.8) is 0 Å². The lowest BCUT2D eigenvalue weighted by atomic mass is 9.53. The number of carbonyl (C=O) groups is 2. The molecule has 142 valence electrons. The van der Waals surface area contributed by atoms with Crippen LogP contribution in [0.15, 0.2) is 42.6 Å². The van der Waals surface area contributed by atoms with E-state index in [1.807, 2.05) is 13.8 Å². The van der Waals surface area contributed by atoms with Gasteiger partial charge in [0.2, 0.25) is 11.8 Å². The van der Waals surface area contributed by atoms with Crippen molar-refractivity contribution in [3.05, 3.63) is 54.0 Å². The molecular weight excluding hydrogens is 347 g/mol. The van der Waals surface area contributed by atoms with Crippen LogP contribution in [-0.2, 0) is 16.1 Å². The summed E-state index contributed by atoms with van der Waals surface area (Å²) in [5.41, 5.74) is 0.520. The van der Waals surface area contributed by atoms with Crippen LogP contribution in [0.2, 0.25) is 0 Å². The largest absolute Gasteiger partial charge is 0.439 e.